The number of hydrogen-bond donors (Lipinski definition) is 1. The lowest BCUT2D eigenvalue weighted by Gasteiger charge is -2.10. The Kier molecular flexibility index (Phi) is 2.49. The normalized spacial score (nSPS) is 11.1. The van der Waals surface area contributed by atoms with Gasteiger partial charge in [-0.05, 0) is 43.2 Å². The van der Waals surface area contributed by atoms with Gasteiger partial charge < -0.3 is 5.11 Å². The van der Waals surface area contributed by atoms with Gasteiger partial charge in [0.2, 0.25) is 0 Å². The molecule has 3 nitrogen and oxygen atoms in total. The number of fused-ring (bicyclic) bond motifs is 2. The van der Waals surface area contributed by atoms with E-state index in [4.69, 9.17) is 0 Å². The van der Waals surface area contributed by atoms with E-state index in [9.17, 15) is 9.90 Å². The van der Waals surface area contributed by atoms with Crippen LogP contribution in [0.4, 0.5) is 0 Å². The molecule has 0 bridgehead atoms. The number of pyridine rings is 1. The molecule has 2 aromatic carbocycles. The van der Waals surface area contributed by atoms with Gasteiger partial charge in [0.15, 0.2) is 0 Å². The van der Waals surface area contributed by atoms with E-state index in [1.807, 2.05) is 44.2 Å². The van der Waals surface area contributed by atoms with Crippen LogP contribution < -0.4 is 0 Å². The Morgan fingerprint density at radius 1 is 1.16 bits per heavy atom. The van der Waals surface area contributed by atoms with E-state index in [2.05, 4.69) is 4.98 Å². The number of nitrogens with zero attached hydrogens (tertiary/aromatic N) is 1. The van der Waals surface area contributed by atoms with Crippen molar-refractivity contribution in [3.05, 3.63) is 53.1 Å². The molecule has 0 aliphatic carbocycles. The number of rotatable bonds is 1. The zero-order valence-corrected chi connectivity index (χ0v) is 10.8. The largest absolute Gasteiger partial charge is 0.478 e. The van der Waals surface area contributed by atoms with Gasteiger partial charge in [-0.3, -0.25) is 0 Å². The number of carboxylic acid groups (broad SMARTS) is 1. The molecule has 94 valence electrons. The number of aromatic carboxylic acids is 1. The van der Waals surface area contributed by atoms with Gasteiger partial charge in [0, 0.05) is 10.8 Å². The second kappa shape index (κ2) is 4.05. The predicted molar refractivity (Wildman–Crippen MR) is 75.7 cm³/mol. The summed E-state index contributed by atoms with van der Waals surface area (Å²) in [6, 6.07) is 11.5. The van der Waals surface area contributed by atoms with E-state index in [-0.39, 0.29) is 5.56 Å². The number of aromatic nitrogens is 1. The van der Waals surface area contributed by atoms with Gasteiger partial charge in [-0.1, -0.05) is 18.2 Å². The van der Waals surface area contributed by atoms with Crippen molar-refractivity contribution in [1.29, 1.82) is 0 Å². The van der Waals surface area contributed by atoms with Crippen molar-refractivity contribution >= 4 is 27.8 Å². The van der Waals surface area contributed by atoms with Gasteiger partial charge in [-0.15, -0.1) is 0 Å². The standard InChI is InChI=1S/C16H13NO2/c1-9-7-13(16(18)19)15-12(10(9)2)8-11-5-3-4-6-14(11)17-15/h3-8H,1-2H3,(H,18,19). The topological polar surface area (TPSA) is 50.2 Å². The van der Waals surface area contributed by atoms with Crippen LogP contribution in [0.15, 0.2) is 36.4 Å². The maximum Gasteiger partial charge on any atom is 0.337 e. The summed E-state index contributed by atoms with van der Waals surface area (Å²) in [7, 11) is 0. The molecule has 0 aliphatic heterocycles. The molecule has 1 heterocycles. The molecule has 3 heteroatoms. The molecule has 3 aromatic rings. The van der Waals surface area contributed by atoms with Crippen molar-refractivity contribution < 1.29 is 9.90 Å². The third kappa shape index (κ3) is 1.74. The number of carboxylic acids is 1. The second-order valence-corrected chi connectivity index (χ2v) is 4.75. The summed E-state index contributed by atoms with van der Waals surface area (Å²) in [5.74, 6) is -0.934. The van der Waals surface area contributed by atoms with Crippen molar-refractivity contribution in [3.63, 3.8) is 0 Å². The van der Waals surface area contributed by atoms with Crippen molar-refractivity contribution in [2.45, 2.75) is 13.8 Å². The lowest BCUT2D eigenvalue weighted by molar-refractivity contribution is 0.0698. The SMILES string of the molecule is Cc1cc(C(=O)O)c2nc3ccccc3cc2c1C. The predicted octanol–water partition coefficient (Wildman–Crippen LogP) is 3.70. The molecular weight excluding hydrogens is 238 g/mol. The minimum atomic E-state index is -0.934. The van der Waals surface area contributed by atoms with Crippen LogP contribution in [0.5, 0.6) is 0 Å². The Morgan fingerprint density at radius 2 is 1.89 bits per heavy atom. The van der Waals surface area contributed by atoms with Gasteiger partial charge in [-0.2, -0.15) is 0 Å². The molecule has 0 amide bonds. The number of benzene rings is 2. The minimum absolute atomic E-state index is 0.267. The molecule has 0 saturated heterocycles. The molecule has 0 saturated carbocycles. The Labute approximate surface area is 110 Å². The smallest absolute Gasteiger partial charge is 0.337 e. The summed E-state index contributed by atoms with van der Waals surface area (Å²) in [5, 5.41) is 11.3. The molecule has 1 N–H and O–H groups in total. The fourth-order valence-corrected chi connectivity index (χ4v) is 2.38. The van der Waals surface area contributed by atoms with E-state index >= 15 is 0 Å². The highest BCUT2D eigenvalue weighted by Crippen LogP contribution is 2.27. The number of aryl methyl sites for hydroxylation is 2. The van der Waals surface area contributed by atoms with Gasteiger partial charge in [0.25, 0.3) is 0 Å². The van der Waals surface area contributed by atoms with E-state index in [0.717, 1.165) is 27.4 Å². The molecule has 0 radical (unpaired) electrons. The first-order chi connectivity index (χ1) is 9.08. The first-order valence-corrected chi connectivity index (χ1v) is 6.11. The second-order valence-electron chi connectivity index (χ2n) is 4.75. The molecule has 0 spiro atoms. The maximum atomic E-state index is 11.4. The van der Waals surface area contributed by atoms with Crippen LogP contribution in [0, 0.1) is 13.8 Å². The van der Waals surface area contributed by atoms with E-state index in [0.29, 0.717) is 5.52 Å². The molecule has 0 fully saturated rings. The fraction of sp³-hybridized carbons (Fsp3) is 0.125. The van der Waals surface area contributed by atoms with Crippen LogP contribution in [-0.4, -0.2) is 16.1 Å². The molecule has 19 heavy (non-hydrogen) atoms. The summed E-state index contributed by atoms with van der Waals surface area (Å²) in [6.07, 6.45) is 0. The van der Waals surface area contributed by atoms with Crippen molar-refractivity contribution in [1.82, 2.24) is 4.98 Å². The number of hydrogen-bond acceptors (Lipinski definition) is 2. The van der Waals surface area contributed by atoms with Crippen molar-refractivity contribution in [2.75, 3.05) is 0 Å². The van der Waals surface area contributed by atoms with Gasteiger partial charge in [0.05, 0.1) is 16.6 Å². The number of carbonyl (C=O) groups is 1. The Balaban J connectivity index is 2.55. The first kappa shape index (κ1) is 11.7. The van der Waals surface area contributed by atoms with Crippen LogP contribution >= 0.6 is 0 Å². The molecule has 0 unspecified atom stereocenters. The van der Waals surface area contributed by atoms with E-state index in [1.165, 1.54) is 0 Å². The molecular formula is C16H13NO2. The average molecular weight is 251 g/mol. The molecule has 0 atom stereocenters. The van der Waals surface area contributed by atoms with Crippen LogP contribution in [0.25, 0.3) is 21.8 Å². The highest BCUT2D eigenvalue weighted by atomic mass is 16.4. The highest BCUT2D eigenvalue weighted by molar-refractivity contribution is 6.06. The zero-order chi connectivity index (χ0) is 13.6. The van der Waals surface area contributed by atoms with Crippen LogP contribution in [0.3, 0.4) is 0 Å². The Morgan fingerprint density at radius 3 is 2.63 bits per heavy atom. The third-order valence-electron chi connectivity index (χ3n) is 3.57. The minimum Gasteiger partial charge on any atom is -0.478 e. The fourth-order valence-electron chi connectivity index (χ4n) is 2.38. The van der Waals surface area contributed by atoms with Crippen LogP contribution in [0.1, 0.15) is 21.5 Å². The molecule has 3 rings (SSSR count). The first-order valence-electron chi connectivity index (χ1n) is 6.11. The highest BCUT2D eigenvalue weighted by Gasteiger charge is 2.14. The zero-order valence-electron chi connectivity index (χ0n) is 10.8. The van der Waals surface area contributed by atoms with Crippen LogP contribution in [-0.2, 0) is 0 Å². The Hall–Kier alpha value is -2.42. The summed E-state index contributed by atoms with van der Waals surface area (Å²) in [4.78, 5) is 15.9. The van der Waals surface area contributed by atoms with Crippen LogP contribution in [0.2, 0.25) is 0 Å². The summed E-state index contributed by atoms with van der Waals surface area (Å²) in [5.41, 5.74) is 3.71. The summed E-state index contributed by atoms with van der Waals surface area (Å²) < 4.78 is 0. The van der Waals surface area contributed by atoms with Crippen molar-refractivity contribution in [2.24, 2.45) is 0 Å². The summed E-state index contributed by atoms with van der Waals surface area (Å²) >= 11 is 0. The van der Waals surface area contributed by atoms with Gasteiger partial charge in [-0.25, -0.2) is 9.78 Å². The van der Waals surface area contributed by atoms with E-state index in [1.54, 1.807) is 6.07 Å². The molecule has 1 aromatic heterocycles. The number of para-hydroxylation sites is 1. The summed E-state index contributed by atoms with van der Waals surface area (Å²) in [6.45, 7) is 3.93. The third-order valence-corrected chi connectivity index (χ3v) is 3.57. The Bertz CT molecular complexity index is 822. The van der Waals surface area contributed by atoms with Crippen molar-refractivity contribution in [3.8, 4) is 0 Å². The average Bonchev–Trinajstić information content (AvgIpc) is 2.41. The van der Waals surface area contributed by atoms with Gasteiger partial charge >= 0.3 is 5.97 Å². The monoisotopic (exact) mass is 251 g/mol. The quantitative estimate of drug-likeness (QED) is 0.671. The molecule has 0 aliphatic rings. The van der Waals surface area contributed by atoms with E-state index < -0.39 is 5.97 Å². The van der Waals surface area contributed by atoms with Gasteiger partial charge in [0.1, 0.15) is 0 Å². The lowest BCUT2D eigenvalue weighted by atomic mass is 9.98. The maximum absolute atomic E-state index is 11.4. The lowest BCUT2D eigenvalue weighted by Crippen LogP contribution is -2.02.